The van der Waals surface area contributed by atoms with Crippen molar-refractivity contribution in [3.05, 3.63) is 137 Å². The number of rotatable bonds is 6. The van der Waals surface area contributed by atoms with Crippen LogP contribution in [0.5, 0.6) is 5.75 Å². The third-order valence-electron chi connectivity index (χ3n) is 5.57. The highest BCUT2D eigenvalue weighted by Crippen LogP contribution is 2.41. The summed E-state index contributed by atoms with van der Waals surface area (Å²) in [5.41, 5.74) is 1.78. The average molecular weight is 481 g/mol. The molecule has 2 nitrogen and oxygen atoms in total. The lowest BCUT2D eigenvalue weighted by molar-refractivity contribution is -0.135. The number of carbonyl (C=O) groups is 1. The number of carbonyl (C=O) groups excluding carboxylic acids is 1. The van der Waals surface area contributed by atoms with E-state index in [1.54, 1.807) is 11.8 Å². The molecule has 0 bridgehead atoms. The maximum atomic E-state index is 13.8. The summed E-state index contributed by atoms with van der Waals surface area (Å²) in [4.78, 5) is 15.7. The molecule has 0 aliphatic rings. The van der Waals surface area contributed by atoms with E-state index in [1.807, 2.05) is 121 Å². The van der Waals surface area contributed by atoms with Crippen LogP contribution in [0.3, 0.4) is 0 Å². The van der Waals surface area contributed by atoms with Gasteiger partial charge >= 0.3 is 5.97 Å². The van der Waals surface area contributed by atoms with Crippen molar-refractivity contribution in [2.24, 2.45) is 0 Å². The van der Waals surface area contributed by atoms with Gasteiger partial charge in [-0.25, -0.2) is 0 Å². The Bertz CT molecular complexity index is 1380. The molecule has 0 aromatic heterocycles. The smallest absolute Gasteiger partial charge is 0.323 e. The molecule has 166 valence electrons. The van der Waals surface area contributed by atoms with Crippen molar-refractivity contribution in [3.63, 3.8) is 0 Å². The zero-order valence-corrected chi connectivity index (χ0v) is 19.8. The minimum absolute atomic E-state index is 0.324. The Morgan fingerprint density at radius 3 is 1.91 bits per heavy atom. The molecule has 0 aliphatic heterocycles. The molecule has 0 spiro atoms. The first kappa shape index (κ1) is 22.3. The van der Waals surface area contributed by atoms with E-state index in [9.17, 15) is 4.79 Å². The van der Waals surface area contributed by atoms with Crippen LogP contribution >= 0.6 is 23.4 Å². The first-order chi connectivity index (χ1) is 16.7. The quantitative estimate of drug-likeness (QED) is 0.180. The predicted octanol–water partition coefficient (Wildman–Crippen LogP) is 8.38. The van der Waals surface area contributed by atoms with Crippen LogP contribution in [0.4, 0.5) is 0 Å². The molecule has 5 aromatic carbocycles. The third kappa shape index (κ3) is 4.86. The van der Waals surface area contributed by atoms with Crippen molar-refractivity contribution in [2.75, 3.05) is 0 Å². The van der Waals surface area contributed by atoms with E-state index < -0.39 is 5.92 Å². The fourth-order valence-corrected chi connectivity index (χ4v) is 5.08. The molecule has 5 rings (SSSR count). The van der Waals surface area contributed by atoms with Crippen LogP contribution in [0.25, 0.3) is 10.8 Å². The van der Waals surface area contributed by atoms with Crippen molar-refractivity contribution >= 4 is 40.1 Å². The fraction of sp³-hybridized carbons (Fsp3) is 0.0333. The Labute approximate surface area is 208 Å². The molecule has 4 heteroatoms. The van der Waals surface area contributed by atoms with Gasteiger partial charge in [-0.15, -0.1) is 0 Å². The van der Waals surface area contributed by atoms with E-state index >= 15 is 0 Å². The van der Waals surface area contributed by atoms with Gasteiger partial charge in [-0.2, -0.15) is 0 Å². The SMILES string of the molecule is O=C(Oc1c(Sc2ccccc2)ccc2cc(Cl)ccc12)C(c1ccccc1)c1ccccc1. The summed E-state index contributed by atoms with van der Waals surface area (Å²) >= 11 is 7.81. The minimum atomic E-state index is -0.542. The normalized spacial score (nSPS) is 11.0. The summed E-state index contributed by atoms with van der Waals surface area (Å²) in [7, 11) is 0. The highest BCUT2D eigenvalue weighted by molar-refractivity contribution is 7.99. The molecule has 0 heterocycles. The number of esters is 1. The number of hydrogen-bond donors (Lipinski definition) is 0. The summed E-state index contributed by atoms with van der Waals surface area (Å²) in [6, 6.07) is 39.2. The predicted molar refractivity (Wildman–Crippen MR) is 140 cm³/mol. The highest BCUT2D eigenvalue weighted by Gasteiger charge is 2.26. The van der Waals surface area contributed by atoms with Crippen LogP contribution in [-0.2, 0) is 4.79 Å². The Hall–Kier alpha value is -3.53. The largest absolute Gasteiger partial charge is 0.424 e. The van der Waals surface area contributed by atoms with E-state index in [4.69, 9.17) is 16.3 Å². The Morgan fingerprint density at radius 1 is 0.706 bits per heavy atom. The van der Waals surface area contributed by atoms with Crippen LogP contribution in [0.2, 0.25) is 5.02 Å². The third-order valence-corrected chi connectivity index (χ3v) is 6.86. The maximum Gasteiger partial charge on any atom is 0.323 e. The van der Waals surface area contributed by atoms with Gasteiger partial charge in [-0.1, -0.05) is 108 Å². The monoisotopic (exact) mass is 480 g/mol. The lowest BCUT2D eigenvalue weighted by Gasteiger charge is -2.19. The standard InChI is InChI=1S/C30H21ClO2S/c31-24-17-18-26-23(20-24)16-19-27(34-25-14-8-3-9-15-25)29(26)33-30(32)28(21-10-4-1-5-11-21)22-12-6-2-7-13-22/h1-20,28H. The summed E-state index contributed by atoms with van der Waals surface area (Å²) in [5.74, 6) is -0.320. The van der Waals surface area contributed by atoms with Gasteiger partial charge in [0.25, 0.3) is 0 Å². The highest BCUT2D eigenvalue weighted by atomic mass is 35.5. The second-order valence-corrected chi connectivity index (χ2v) is 9.40. The van der Waals surface area contributed by atoms with Gasteiger partial charge in [0, 0.05) is 15.3 Å². The first-order valence-corrected chi connectivity index (χ1v) is 12.2. The van der Waals surface area contributed by atoms with Crippen LogP contribution in [-0.4, -0.2) is 5.97 Å². The number of ether oxygens (including phenoxy) is 1. The van der Waals surface area contributed by atoms with Crippen LogP contribution in [0.15, 0.2) is 131 Å². The Kier molecular flexibility index (Phi) is 6.66. The van der Waals surface area contributed by atoms with Crippen LogP contribution in [0.1, 0.15) is 17.0 Å². The molecule has 0 aliphatic carbocycles. The van der Waals surface area contributed by atoms with Gasteiger partial charge < -0.3 is 4.74 Å². The molecular weight excluding hydrogens is 460 g/mol. The second kappa shape index (κ2) is 10.2. The minimum Gasteiger partial charge on any atom is -0.424 e. The molecule has 0 fully saturated rings. The van der Waals surface area contributed by atoms with Crippen LogP contribution < -0.4 is 4.74 Å². The molecule has 5 aromatic rings. The number of hydrogen-bond acceptors (Lipinski definition) is 3. The Balaban J connectivity index is 1.59. The van der Waals surface area contributed by atoms with Crippen molar-refractivity contribution in [1.29, 1.82) is 0 Å². The number of fused-ring (bicyclic) bond motifs is 1. The van der Waals surface area contributed by atoms with E-state index in [1.165, 1.54) is 0 Å². The second-order valence-electron chi connectivity index (χ2n) is 7.85. The van der Waals surface area contributed by atoms with E-state index in [0.29, 0.717) is 10.8 Å². The molecule has 0 unspecified atom stereocenters. The lowest BCUT2D eigenvalue weighted by atomic mass is 9.91. The lowest BCUT2D eigenvalue weighted by Crippen LogP contribution is -2.20. The zero-order chi connectivity index (χ0) is 23.3. The fourth-order valence-electron chi connectivity index (χ4n) is 3.97. The van der Waals surface area contributed by atoms with Crippen molar-refractivity contribution < 1.29 is 9.53 Å². The molecule has 0 N–H and O–H groups in total. The summed E-state index contributed by atoms with van der Waals surface area (Å²) in [5, 5.41) is 2.40. The summed E-state index contributed by atoms with van der Waals surface area (Å²) < 4.78 is 6.24. The number of halogens is 1. The summed E-state index contributed by atoms with van der Waals surface area (Å²) in [6.07, 6.45) is 0. The van der Waals surface area contributed by atoms with Gasteiger partial charge in [-0.05, 0) is 52.9 Å². The molecule has 0 atom stereocenters. The molecular formula is C30H21ClO2S. The first-order valence-electron chi connectivity index (χ1n) is 11.0. The Morgan fingerprint density at radius 2 is 1.29 bits per heavy atom. The van der Waals surface area contributed by atoms with Crippen molar-refractivity contribution in [1.82, 2.24) is 0 Å². The topological polar surface area (TPSA) is 26.3 Å². The summed E-state index contributed by atoms with van der Waals surface area (Å²) in [6.45, 7) is 0. The van der Waals surface area contributed by atoms with Crippen molar-refractivity contribution in [2.45, 2.75) is 15.7 Å². The van der Waals surface area contributed by atoms with E-state index in [-0.39, 0.29) is 5.97 Å². The van der Waals surface area contributed by atoms with Gasteiger partial charge in [0.05, 0.1) is 4.90 Å². The van der Waals surface area contributed by atoms with E-state index in [2.05, 4.69) is 0 Å². The van der Waals surface area contributed by atoms with E-state index in [0.717, 1.165) is 31.7 Å². The van der Waals surface area contributed by atoms with Crippen molar-refractivity contribution in [3.8, 4) is 5.75 Å². The number of benzene rings is 5. The van der Waals surface area contributed by atoms with Gasteiger partial charge in [-0.3, -0.25) is 4.79 Å². The molecule has 34 heavy (non-hydrogen) atoms. The molecule has 0 saturated heterocycles. The molecule has 0 amide bonds. The maximum absolute atomic E-state index is 13.8. The zero-order valence-electron chi connectivity index (χ0n) is 18.2. The van der Waals surface area contributed by atoms with Gasteiger partial charge in [0.2, 0.25) is 0 Å². The average Bonchev–Trinajstić information content (AvgIpc) is 2.87. The van der Waals surface area contributed by atoms with Crippen LogP contribution in [0, 0.1) is 0 Å². The van der Waals surface area contributed by atoms with Gasteiger partial charge in [0.15, 0.2) is 5.75 Å². The molecule has 0 saturated carbocycles. The van der Waals surface area contributed by atoms with Gasteiger partial charge in [0.1, 0.15) is 5.92 Å². The molecule has 0 radical (unpaired) electrons.